The minimum Gasteiger partial charge on any atom is -0.0654 e. The van der Waals surface area contributed by atoms with Crippen molar-refractivity contribution in [2.75, 3.05) is 0 Å². The van der Waals surface area contributed by atoms with Crippen molar-refractivity contribution in [2.45, 2.75) is 74.1 Å². The average Bonchev–Trinajstić information content (AvgIpc) is 2.16. The molecule has 0 aromatic heterocycles. The van der Waals surface area contributed by atoms with Gasteiger partial charge in [-0.15, -0.1) is 0 Å². The summed E-state index contributed by atoms with van der Waals surface area (Å²) < 4.78 is 0. The molecule has 0 fully saturated rings. The maximum atomic E-state index is 2.47. The fraction of sp³-hybridized carbons (Fsp3) is 1.00. The summed E-state index contributed by atoms with van der Waals surface area (Å²) in [4.78, 5) is 0. The summed E-state index contributed by atoms with van der Waals surface area (Å²) in [7, 11) is 0. The molecular weight excluding hydrogens is 180 g/mol. The van der Waals surface area contributed by atoms with Crippen molar-refractivity contribution in [1.82, 2.24) is 0 Å². The van der Waals surface area contributed by atoms with Crippen LogP contribution >= 0.6 is 0 Å². The summed E-state index contributed by atoms with van der Waals surface area (Å²) in [6, 6.07) is 0. The van der Waals surface area contributed by atoms with E-state index in [0.29, 0.717) is 5.41 Å². The highest BCUT2D eigenvalue weighted by atomic mass is 14.4. The van der Waals surface area contributed by atoms with Gasteiger partial charge >= 0.3 is 0 Å². The molecule has 0 saturated carbocycles. The molecule has 0 saturated heterocycles. The third-order valence-electron chi connectivity index (χ3n) is 4.31. The smallest absolute Gasteiger partial charge is 0.0311 e. The lowest BCUT2D eigenvalue weighted by atomic mass is 9.63. The SMILES string of the molecule is CCCC(C)(C)C(C(C)CC)C(C)CC. The van der Waals surface area contributed by atoms with Gasteiger partial charge in [-0.2, -0.15) is 0 Å². The van der Waals surface area contributed by atoms with Gasteiger partial charge < -0.3 is 0 Å². The second-order valence-corrected chi connectivity index (χ2v) is 6.04. The Morgan fingerprint density at radius 1 is 0.867 bits per heavy atom. The van der Waals surface area contributed by atoms with Crippen LogP contribution in [0.25, 0.3) is 0 Å². The van der Waals surface area contributed by atoms with Gasteiger partial charge in [0.25, 0.3) is 0 Å². The van der Waals surface area contributed by atoms with E-state index >= 15 is 0 Å². The van der Waals surface area contributed by atoms with Crippen molar-refractivity contribution in [1.29, 1.82) is 0 Å². The maximum Gasteiger partial charge on any atom is -0.0311 e. The van der Waals surface area contributed by atoms with Crippen molar-refractivity contribution < 1.29 is 0 Å². The summed E-state index contributed by atoms with van der Waals surface area (Å²) in [6.45, 7) is 16.8. The molecule has 0 aliphatic carbocycles. The average molecular weight is 212 g/mol. The van der Waals surface area contributed by atoms with Gasteiger partial charge in [0.05, 0.1) is 0 Å². The van der Waals surface area contributed by atoms with Gasteiger partial charge in [0, 0.05) is 0 Å². The summed E-state index contributed by atoms with van der Waals surface area (Å²) in [5.74, 6) is 2.61. The first-order chi connectivity index (χ1) is 6.90. The highest BCUT2D eigenvalue weighted by Gasteiger charge is 2.35. The molecule has 0 aliphatic rings. The van der Waals surface area contributed by atoms with Crippen molar-refractivity contribution in [3.8, 4) is 0 Å². The molecule has 2 unspecified atom stereocenters. The van der Waals surface area contributed by atoms with E-state index in [9.17, 15) is 0 Å². The summed E-state index contributed by atoms with van der Waals surface area (Å²) in [5, 5.41) is 0. The molecule has 2 atom stereocenters. The van der Waals surface area contributed by atoms with E-state index in [2.05, 4.69) is 48.5 Å². The number of hydrogen-bond acceptors (Lipinski definition) is 0. The molecule has 0 nitrogen and oxygen atoms in total. The Labute approximate surface area is 97.8 Å². The molecule has 0 aromatic rings. The molecule has 0 rings (SSSR count). The van der Waals surface area contributed by atoms with Crippen LogP contribution in [0.5, 0.6) is 0 Å². The third kappa shape index (κ3) is 4.17. The largest absolute Gasteiger partial charge is 0.0654 e. The van der Waals surface area contributed by atoms with Crippen molar-refractivity contribution in [3.63, 3.8) is 0 Å². The maximum absolute atomic E-state index is 2.47. The lowest BCUT2D eigenvalue weighted by molar-refractivity contribution is 0.0753. The topological polar surface area (TPSA) is 0 Å². The predicted molar refractivity (Wildman–Crippen MR) is 71.1 cm³/mol. The van der Waals surface area contributed by atoms with Crippen LogP contribution in [-0.2, 0) is 0 Å². The number of hydrogen-bond donors (Lipinski definition) is 0. The summed E-state index contributed by atoms with van der Waals surface area (Å²) in [5.41, 5.74) is 0.513. The molecular formula is C15H32. The van der Waals surface area contributed by atoms with Crippen molar-refractivity contribution in [3.05, 3.63) is 0 Å². The van der Waals surface area contributed by atoms with Crippen LogP contribution in [0.4, 0.5) is 0 Å². The van der Waals surface area contributed by atoms with Crippen LogP contribution in [-0.4, -0.2) is 0 Å². The molecule has 0 heteroatoms. The zero-order valence-electron chi connectivity index (χ0n) is 12.1. The first-order valence-corrected chi connectivity index (χ1v) is 6.90. The Bertz CT molecular complexity index is 147. The molecule has 0 heterocycles. The second-order valence-electron chi connectivity index (χ2n) is 6.04. The van der Waals surface area contributed by atoms with E-state index in [1.54, 1.807) is 0 Å². The van der Waals surface area contributed by atoms with E-state index in [4.69, 9.17) is 0 Å². The molecule has 92 valence electrons. The van der Waals surface area contributed by atoms with Gasteiger partial charge in [0.15, 0.2) is 0 Å². The normalized spacial score (nSPS) is 18.6. The molecule has 0 amide bonds. The highest BCUT2D eigenvalue weighted by molar-refractivity contribution is 4.84. The minimum atomic E-state index is 0.513. The van der Waals surface area contributed by atoms with E-state index < -0.39 is 0 Å². The first kappa shape index (κ1) is 15.0. The lowest BCUT2D eigenvalue weighted by Crippen LogP contribution is -2.34. The fourth-order valence-electron chi connectivity index (χ4n) is 3.42. The van der Waals surface area contributed by atoms with Gasteiger partial charge in [0.1, 0.15) is 0 Å². The van der Waals surface area contributed by atoms with Crippen LogP contribution in [0.3, 0.4) is 0 Å². The van der Waals surface area contributed by atoms with E-state index in [1.807, 2.05) is 0 Å². The quantitative estimate of drug-likeness (QED) is 0.521. The Morgan fingerprint density at radius 2 is 1.27 bits per heavy atom. The molecule has 0 bridgehead atoms. The molecule has 0 aromatic carbocycles. The zero-order chi connectivity index (χ0) is 12.1. The van der Waals surface area contributed by atoms with Crippen LogP contribution in [0.2, 0.25) is 0 Å². The Morgan fingerprint density at radius 3 is 1.53 bits per heavy atom. The van der Waals surface area contributed by atoms with Gasteiger partial charge in [-0.25, -0.2) is 0 Å². The van der Waals surface area contributed by atoms with Crippen LogP contribution in [0.15, 0.2) is 0 Å². The Balaban J connectivity index is 4.75. The van der Waals surface area contributed by atoms with Gasteiger partial charge in [-0.3, -0.25) is 0 Å². The fourth-order valence-corrected chi connectivity index (χ4v) is 3.42. The molecule has 15 heavy (non-hydrogen) atoms. The van der Waals surface area contributed by atoms with Gasteiger partial charge in [-0.05, 0) is 29.6 Å². The van der Waals surface area contributed by atoms with Gasteiger partial charge in [0.2, 0.25) is 0 Å². The second kappa shape index (κ2) is 6.55. The van der Waals surface area contributed by atoms with Crippen LogP contribution in [0, 0.1) is 23.2 Å². The van der Waals surface area contributed by atoms with Crippen LogP contribution in [0.1, 0.15) is 74.1 Å². The summed E-state index contributed by atoms with van der Waals surface area (Å²) in [6.07, 6.45) is 5.33. The molecule has 0 spiro atoms. The summed E-state index contributed by atoms with van der Waals surface area (Å²) >= 11 is 0. The minimum absolute atomic E-state index is 0.513. The van der Waals surface area contributed by atoms with Crippen molar-refractivity contribution in [2.24, 2.45) is 23.2 Å². The first-order valence-electron chi connectivity index (χ1n) is 6.90. The Kier molecular flexibility index (Phi) is 6.55. The van der Waals surface area contributed by atoms with Crippen LogP contribution < -0.4 is 0 Å². The standard InChI is InChI=1S/C15H32/c1-8-11-15(6,7)14(12(4)9-2)13(5)10-3/h12-14H,8-11H2,1-7H3. The molecule has 0 aliphatic heterocycles. The number of rotatable bonds is 7. The zero-order valence-corrected chi connectivity index (χ0v) is 12.1. The van der Waals surface area contributed by atoms with E-state index in [0.717, 1.165) is 17.8 Å². The highest BCUT2D eigenvalue weighted by Crippen LogP contribution is 2.43. The third-order valence-corrected chi connectivity index (χ3v) is 4.31. The molecule has 0 N–H and O–H groups in total. The van der Waals surface area contributed by atoms with Crippen molar-refractivity contribution >= 4 is 0 Å². The molecule has 0 radical (unpaired) electrons. The monoisotopic (exact) mass is 212 g/mol. The predicted octanol–water partition coefficient (Wildman–Crippen LogP) is 5.52. The van der Waals surface area contributed by atoms with Gasteiger partial charge in [-0.1, -0.05) is 67.7 Å². The van der Waals surface area contributed by atoms with E-state index in [-0.39, 0.29) is 0 Å². The Hall–Kier alpha value is 0. The lowest BCUT2D eigenvalue weighted by Gasteiger charge is -2.42. The van der Waals surface area contributed by atoms with E-state index in [1.165, 1.54) is 25.7 Å².